The van der Waals surface area contributed by atoms with Gasteiger partial charge in [-0.1, -0.05) is 13.8 Å². The number of rotatable bonds is 6. The first-order valence-corrected chi connectivity index (χ1v) is 7.00. The Hall–Kier alpha value is -1.91. The highest BCUT2D eigenvalue weighted by molar-refractivity contribution is 5.94. The first-order chi connectivity index (χ1) is 9.53. The van der Waals surface area contributed by atoms with E-state index < -0.39 is 0 Å². The van der Waals surface area contributed by atoms with Crippen LogP contribution in [-0.2, 0) is 4.79 Å². The Morgan fingerprint density at radius 2 is 1.90 bits per heavy atom. The van der Waals surface area contributed by atoms with Crippen LogP contribution in [0.25, 0.3) is 0 Å². The number of aromatic nitrogens is 1. The lowest BCUT2D eigenvalue weighted by molar-refractivity contribution is -0.138. The van der Waals surface area contributed by atoms with Gasteiger partial charge in [0.15, 0.2) is 0 Å². The molecule has 1 amide bonds. The maximum atomic E-state index is 12.1. The lowest BCUT2D eigenvalue weighted by atomic mass is 10.1. The van der Waals surface area contributed by atoms with Gasteiger partial charge >= 0.3 is 5.97 Å². The third kappa shape index (κ3) is 4.05. The number of ether oxygens (including phenoxy) is 1. The number of amides is 1. The summed E-state index contributed by atoms with van der Waals surface area (Å²) in [5.41, 5.74) is 0.497. The predicted molar refractivity (Wildman–Crippen MR) is 76.6 cm³/mol. The zero-order valence-electron chi connectivity index (χ0n) is 12.5. The van der Waals surface area contributed by atoms with Crippen LogP contribution in [0.1, 0.15) is 44.5 Å². The Bertz CT molecular complexity index is 453. The summed E-state index contributed by atoms with van der Waals surface area (Å²) in [6.45, 7) is 8.89. The molecule has 1 heterocycles. The average Bonchev–Trinajstić information content (AvgIpc) is 2.48. The summed E-state index contributed by atoms with van der Waals surface area (Å²) < 4.78 is 5.14. The monoisotopic (exact) mass is 278 g/mol. The van der Waals surface area contributed by atoms with Crippen LogP contribution >= 0.6 is 0 Å². The van der Waals surface area contributed by atoms with Crippen molar-refractivity contribution in [2.24, 2.45) is 5.92 Å². The molecule has 0 aliphatic rings. The van der Waals surface area contributed by atoms with Gasteiger partial charge in [0.05, 0.1) is 11.5 Å². The molecule has 0 N–H and O–H groups in total. The molecule has 5 heteroatoms. The summed E-state index contributed by atoms with van der Waals surface area (Å²) in [6, 6.07) is 3.18. The van der Waals surface area contributed by atoms with Crippen LogP contribution in [0.15, 0.2) is 18.3 Å². The largest absolute Gasteiger partial charge is 0.407 e. The highest BCUT2D eigenvalue weighted by atomic mass is 16.5. The maximum Gasteiger partial charge on any atom is 0.315 e. The average molecular weight is 278 g/mol. The van der Waals surface area contributed by atoms with Crippen LogP contribution in [0.5, 0.6) is 5.88 Å². The van der Waals surface area contributed by atoms with Crippen LogP contribution in [0.3, 0.4) is 0 Å². The van der Waals surface area contributed by atoms with E-state index in [0.717, 1.165) is 6.42 Å². The number of nitrogens with zero attached hydrogens (tertiary/aromatic N) is 2. The molecule has 0 aromatic carbocycles. The van der Waals surface area contributed by atoms with Gasteiger partial charge in [-0.05, 0) is 26.3 Å². The fourth-order valence-electron chi connectivity index (χ4n) is 1.63. The van der Waals surface area contributed by atoms with E-state index in [0.29, 0.717) is 18.7 Å². The zero-order chi connectivity index (χ0) is 15.1. The summed E-state index contributed by atoms with van der Waals surface area (Å²) in [5.74, 6) is -0.301. The highest BCUT2D eigenvalue weighted by Crippen LogP contribution is 2.12. The number of esters is 1. The lowest BCUT2D eigenvalue weighted by Crippen LogP contribution is -2.30. The van der Waals surface area contributed by atoms with Crippen molar-refractivity contribution in [3.63, 3.8) is 0 Å². The molecule has 0 bridgehead atoms. The molecule has 1 unspecified atom stereocenters. The molecule has 20 heavy (non-hydrogen) atoms. The van der Waals surface area contributed by atoms with Crippen LogP contribution < -0.4 is 4.74 Å². The van der Waals surface area contributed by atoms with Crippen molar-refractivity contribution >= 4 is 11.9 Å². The topological polar surface area (TPSA) is 59.5 Å². The van der Waals surface area contributed by atoms with Gasteiger partial charge in [-0.2, -0.15) is 0 Å². The third-order valence-corrected chi connectivity index (χ3v) is 3.25. The summed E-state index contributed by atoms with van der Waals surface area (Å²) in [6.07, 6.45) is 2.16. The fourth-order valence-corrected chi connectivity index (χ4v) is 1.63. The van der Waals surface area contributed by atoms with E-state index in [1.807, 2.05) is 20.8 Å². The van der Waals surface area contributed by atoms with Crippen molar-refractivity contribution in [1.82, 2.24) is 9.88 Å². The molecule has 1 aromatic heterocycles. The van der Waals surface area contributed by atoms with Crippen molar-refractivity contribution in [1.29, 1.82) is 0 Å². The van der Waals surface area contributed by atoms with E-state index >= 15 is 0 Å². The van der Waals surface area contributed by atoms with Crippen LogP contribution in [0.4, 0.5) is 0 Å². The fraction of sp³-hybridized carbons (Fsp3) is 0.533. The Morgan fingerprint density at radius 3 is 2.35 bits per heavy atom. The molecule has 110 valence electrons. The Kier molecular flexibility index (Phi) is 6.15. The van der Waals surface area contributed by atoms with Crippen LogP contribution in [-0.4, -0.2) is 34.8 Å². The first kappa shape index (κ1) is 16.1. The molecule has 0 aliphatic heterocycles. The minimum absolute atomic E-state index is 0.0673. The minimum Gasteiger partial charge on any atom is -0.407 e. The molecule has 1 atom stereocenters. The Morgan fingerprint density at radius 1 is 1.25 bits per heavy atom. The highest BCUT2D eigenvalue weighted by Gasteiger charge is 2.15. The second kappa shape index (κ2) is 7.62. The van der Waals surface area contributed by atoms with E-state index in [9.17, 15) is 9.59 Å². The zero-order valence-corrected chi connectivity index (χ0v) is 12.5. The summed E-state index contributed by atoms with van der Waals surface area (Å²) >= 11 is 0. The summed E-state index contributed by atoms with van der Waals surface area (Å²) in [7, 11) is 0. The number of hydrogen-bond donors (Lipinski definition) is 0. The second-order valence-electron chi connectivity index (χ2n) is 4.59. The smallest absolute Gasteiger partial charge is 0.315 e. The van der Waals surface area contributed by atoms with Gasteiger partial charge in [-0.3, -0.25) is 9.59 Å². The van der Waals surface area contributed by atoms with Gasteiger partial charge in [0.1, 0.15) is 0 Å². The minimum atomic E-state index is -0.303. The number of pyridine rings is 1. The van der Waals surface area contributed by atoms with E-state index in [2.05, 4.69) is 4.98 Å². The Balaban J connectivity index is 2.74. The maximum absolute atomic E-state index is 12.1. The standard InChI is InChI=1S/C15H22N2O3/c1-5-11(4)15(19)20-13-9-8-12(10-16-13)14(18)17(6-2)7-3/h8-11H,5-7H2,1-4H3. The van der Waals surface area contributed by atoms with Crippen molar-refractivity contribution < 1.29 is 14.3 Å². The van der Waals surface area contributed by atoms with Crippen molar-refractivity contribution in [2.45, 2.75) is 34.1 Å². The number of carbonyl (C=O) groups excluding carboxylic acids is 2. The predicted octanol–water partition coefficient (Wildman–Crippen LogP) is 2.52. The SMILES string of the molecule is CCC(C)C(=O)Oc1ccc(C(=O)N(CC)CC)cn1. The van der Waals surface area contributed by atoms with Crippen molar-refractivity contribution in [3.8, 4) is 5.88 Å². The lowest BCUT2D eigenvalue weighted by Gasteiger charge is -2.18. The van der Waals surface area contributed by atoms with Crippen molar-refractivity contribution in [2.75, 3.05) is 13.1 Å². The van der Waals surface area contributed by atoms with E-state index in [-0.39, 0.29) is 23.7 Å². The van der Waals surface area contributed by atoms with Gasteiger partial charge in [-0.15, -0.1) is 0 Å². The molecular formula is C15H22N2O3. The summed E-state index contributed by atoms with van der Waals surface area (Å²) in [5, 5.41) is 0. The first-order valence-electron chi connectivity index (χ1n) is 7.00. The molecule has 0 saturated carbocycles. The number of carbonyl (C=O) groups is 2. The van der Waals surface area contributed by atoms with Crippen LogP contribution in [0, 0.1) is 5.92 Å². The molecule has 1 rings (SSSR count). The summed E-state index contributed by atoms with van der Waals surface area (Å²) in [4.78, 5) is 29.4. The molecule has 1 aromatic rings. The molecule has 0 spiro atoms. The number of hydrogen-bond acceptors (Lipinski definition) is 4. The molecular weight excluding hydrogens is 256 g/mol. The second-order valence-corrected chi connectivity index (χ2v) is 4.59. The quantitative estimate of drug-likeness (QED) is 0.750. The Labute approximate surface area is 119 Å². The normalized spacial score (nSPS) is 11.8. The molecule has 5 nitrogen and oxygen atoms in total. The molecule has 0 saturated heterocycles. The van der Waals surface area contributed by atoms with Gasteiger partial charge < -0.3 is 9.64 Å². The van der Waals surface area contributed by atoms with Crippen LogP contribution in [0.2, 0.25) is 0 Å². The van der Waals surface area contributed by atoms with Gasteiger partial charge in [0.25, 0.3) is 5.91 Å². The molecule has 0 fully saturated rings. The van der Waals surface area contributed by atoms with Gasteiger partial charge in [0.2, 0.25) is 5.88 Å². The van der Waals surface area contributed by atoms with Crippen molar-refractivity contribution in [3.05, 3.63) is 23.9 Å². The molecule has 0 aliphatic carbocycles. The molecule has 0 radical (unpaired) electrons. The van der Waals surface area contributed by atoms with Gasteiger partial charge in [0, 0.05) is 25.4 Å². The van der Waals surface area contributed by atoms with E-state index in [1.165, 1.54) is 6.20 Å². The van der Waals surface area contributed by atoms with E-state index in [1.54, 1.807) is 24.0 Å². The van der Waals surface area contributed by atoms with Gasteiger partial charge in [-0.25, -0.2) is 4.98 Å². The van der Waals surface area contributed by atoms with E-state index in [4.69, 9.17) is 4.74 Å². The third-order valence-electron chi connectivity index (χ3n) is 3.25.